The molecule has 0 spiro atoms. The standard InChI is InChI=1S/C17H14N4OS2/c1-10-5-6-11(7-18)16(20-10)23-9-15(22)21-17-13(8-19)12-3-2-4-14(12)24-17/h5-6H,2-4,9H2,1H3,(H,21,22). The summed E-state index contributed by atoms with van der Waals surface area (Å²) in [4.78, 5) is 17.7. The maximum atomic E-state index is 12.2. The zero-order valence-corrected chi connectivity index (χ0v) is 14.7. The van der Waals surface area contributed by atoms with Crippen LogP contribution in [0.1, 0.15) is 33.7 Å². The highest BCUT2D eigenvalue weighted by Crippen LogP contribution is 2.38. The topological polar surface area (TPSA) is 89.6 Å². The molecule has 0 aromatic carbocycles. The van der Waals surface area contributed by atoms with Crippen LogP contribution in [0.4, 0.5) is 5.00 Å². The summed E-state index contributed by atoms with van der Waals surface area (Å²) in [7, 11) is 0. The summed E-state index contributed by atoms with van der Waals surface area (Å²) in [5, 5.41) is 22.5. The van der Waals surface area contributed by atoms with E-state index < -0.39 is 0 Å². The predicted octanol–water partition coefficient (Wildman–Crippen LogP) is 3.41. The first-order valence-corrected chi connectivity index (χ1v) is 9.27. The Balaban J connectivity index is 1.69. The van der Waals surface area contributed by atoms with Gasteiger partial charge in [0.25, 0.3) is 0 Å². The highest BCUT2D eigenvalue weighted by molar-refractivity contribution is 8.00. The van der Waals surface area contributed by atoms with Crippen molar-refractivity contribution >= 4 is 34.0 Å². The van der Waals surface area contributed by atoms with Gasteiger partial charge in [0, 0.05) is 10.6 Å². The monoisotopic (exact) mass is 354 g/mol. The van der Waals surface area contributed by atoms with Crippen molar-refractivity contribution in [3.05, 3.63) is 39.4 Å². The maximum absolute atomic E-state index is 12.2. The number of amides is 1. The average molecular weight is 354 g/mol. The Morgan fingerprint density at radius 2 is 2.21 bits per heavy atom. The van der Waals surface area contributed by atoms with Gasteiger partial charge < -0.3 is 5.32 Å². The Bertz CT molecular complexity index is 889. The van der Waals surface area contributed by atoms with Gasteiger partial charge in [0.15, 0.2) is 0 Å². The number of thioether (sulfide) groups is 1. The fraction of sp³-hybridized carbons (Fsp3) is 0.294. The summed E-state index contributed by atoms with van der Waals surface area (Å²) in [5.41, 5.74) is 2.97. The van der Waals surface area contributed by atoms with Gasteiger partial charge >= 0.3 is 0 Å². The summed E-state index contributed by atoms with van der Waals surface area (Å²) in [6.07, 6.45) is 2.98. The van der Waals surface area contributed by atoms with E-state index in [9.17, 15) is 10.1 Å². The lowest BCUT2D eigenvalue weighted by atomic mass is 10.1. The molecule has 7 heteroatoms. The van der Waals surface area contributed by atoms with Crippen LogP contribution in [-0.4, -0.2) is 16.6 Å². The second-order valence-electron chi connectivity index (χ2n) is 5.43. The highest BCUT2D eigenvalue weighted by Gasteiger charge is 2.23. The molecule has 0 aliphatic heterocycles. The second-order valence-corrected chi connectivity index (χ2v) is 7.50. The molecule has 5 nitrogen and oxygen atoms in total. The van der Waals surface area contributed by atoms with E-state index in [1.54, 1.807) is 12.1 Å². The molecule has 1 aliphatic rings. The summed E-state index contributed by atoms with van der Waals surface area (Å²) in [6.45, 7) is 1.84. The zero-order valence-electron chi connectivity index (χ0n) is 13.0. The van der Waals surface area contributed by atoms with Gasteiger partial charge in [-0.15, -0.1) is 11.3 Å². The summed E-state index contributed by atoms with van der Waals surface area (Å²) in [6, 6.07) is 7.78. The summed E-state index contributed by atoms with van der Waals surface area (Å²) in [5.74, 6) is -0.0397. The fourth-order valence-electron chi connectivity index (χ4n) is 2.64. The Kier molecular flexibility index (Phi) is 4.84. The molecule has 2 aromatic rings. The third kappa shape index (κ3) is 3.28. The molecule has 1 N–H and O–H groups in total. The number of thiophene rings is 1. The number of carbonyl (C=O) groups is 1. The molecule has 0 fully saturated rings. The van der Waals surface area contributed by atoms with Crippen LogP contribution in [0.25, 0.3) is 0 Å². The summed E-state index contributed by atoms with van der Waals surface area (Å²) >= 11 is 2.74. The lowest BCUT2D eigenvalue weighted by Gasteiger charge is -2.05. The number of nitriles is 2. The number of anilines is 1. The number of carbonyl (C=O) groups excluding carboxylic acids is 1. The summed E-state index contributed by atoms with van der Waals surface area (Å²) < 4.78 is 0. The van der Waals surface area contributed by atoms with Gasteiger partial charge in [-0.2, -0.15) is 10.5 Å². The van der Waals surface area contributed by atoms with Crippen LogP contribution >= 0.6 is 23.1 Å². The van der Waals surface area contributed by atoms with Crippen LogP contribution in [0.5, 0.6) is 0 Å². The van der Waals surface area contributed by atoms with Gasteiger partial charge in [-0.25, -0.2) is 4.98 Å². The second kappa shape index (κ2) is 7.04. The third-order valence-corrected chi connectivity index (χ3v) is 5.94. The van der Waals surface area contributed by atoms with Crippen molar-refractivity contribution in [3.8, 4) is 12.1 Å². The van der Waals surface area contributed by atoms with Crippen molar-refractivity contribution in [2.24, 2.45) is 0 Å². The van der Waals surface area contributed by atoms with Crippen LogP contribution in [0.2, 0.25) is 0 Å². The number of aryl methyl sites for hydroxylation is 2. The lowest BCUT2D eigenvalue weighted by molar-refractivity contribution is -0.113. The Morgan fingerprint density at radius 1 is 1.38 bits per heavy atom. The van der Waals surface area contributed by atoms with Crippen molar-refractivity contribution in [3.63, 3.8) is 0 Å². The molecule has 2 aromatic heterocycles. The van der Waals surface area contributed by atoms with Crippen LogP contribution in [0.15, 0.2) is 17.2 Å². The normalized spacial score (nSPS) is 12.3. The van der Waals surface area contributed by atoms with Crippen molar-refractivity contribution in [2.45, 2.75) is 31.2 Å². The van der Waals surface area contributed by atoms with Gasteiger partial charge in [0.05, 0.1) is 16.9 Å². The van der Waals surface area contributed by atoms with Crippen LogP contribution in [0, 0.1) is 29.6 Å². The molecular weight excluding hydrogens is 340 g/mol. The van der Waals surface area contributed by atoms with Crippen molar-refractivity contribution < 1.29 is 4.79 Å². The molecule has 0 bridgehead atoms. The Hall–Kier alpha value is -2.35. The quantitative estimate of drug-likeness (QED) is 0.850. The van der Waals surface area contributed by atoms with E-state index in [-0.39, 0.29) is 11.7 Å². The molecule has 2 heterocycles. The number of rotatable bonds is 4. The van der Waals surface area contributed by atoms with E-state index in [0.29, 0.717) is 21.2 Å². The van der Waals surface area contributed by atoms with E-state index in [2.05, 4.69) is 22.4 Å². The first kappa shape index (κ1) is 16.5. The minimum Gasteiger partial charge on any atom is -0.316 e. The fourth-order valence-corrected chi connectivity index (χ4v) is 4.71. The van der Waals surface area contributed by atoms with Crippen molar-refractivity contribution in [1.29, 1.82) is 10.5 Å². The minimum atomic E-state index is -0.191. The number of pyridine rings is 1. The van der Waals surface area contributed by atoms with Crippen LogP contribution in [-0.2, 0) is 17.6 Å². The van der Waals surface area contributed by atoms with Gasteiger partial charge in [0.1, 0.15) is 22.2 Å². The minimum absolute atomic E-state index is 0.151. The van der Waals surface area contributed by atoms with Crippen LogP contribution in [0.3, 0.4) is 0 Å². The largest absolute Gasteiger partial charge is 0.316 e. The molecular formula is C17H14N4OS2. The van der Waals surface area contributed by atoms with Crippen molar-refractivity contribution in [1.82, 2.24) is 4.98 Å². The van der Waals surface area contributed by atoms with Gasteiger partial charge in [0.2, 0.25) is 5.91 Å². The number of hydrogen-bond acceptors (Lipinski definition) is 6. The first-order valence-electron chi connectivity index (χ1n) is 7.47. The van der Waals surface area contributed by atoms with Gasteiger partial charge in [-0.05, 0) is 43.9 Å². The highest BCUT2D eigenvalue weighted by atomic mass is 32.2. The number of nitrogens with zero attached hydrogens (tertiary/aromatic N) is 3. The molecule has 0 saturated heterocycles. The maximum Gasteiger partial charge on any atom is 0.235 e. The smallest absolute Gasteiger partial charge is 0.235 e. The molecule has 1 aliphatic carbocycles. The third-order valence-electron chi connectivity index (χ3n) is 3.75. The SMILES string of the molecule is Cc1ccc(C#N)c(SCC(=O)Nc2sc3c(c2C#N)CCC3)n1. The predicted molar refractivity (Wildman–Crippen MR) is 94.1 cm³/mol. The number of nitrogens with one attached hydrogen (secondary N) is 1. The molecule has 120 valence electrons. The van der Waals surface area contributed by atoms with E-state index in [4.69, 9.17) is 5.26 Å². The first-order chi connectivity index (χ1) is 11.6. The Labute approximate surface area is 148 Å². The van der Waals surface area contributed by atoms with Gasteiger partial charge in [-0.1, -0.05) is 11.8 Å². The molecule has 3 rings (SSSR count). The van der Waals surface area contributed by atoms with E-state index in [1.807, 2.05) is 6.92 Å². The van der Waals surface area contributed by atoms with E-state index >= 15 is 0 Å². The van der Waals surface area contributed by atoms with Gasteiger partial charge in [-0.3, -0.25) is 4.79 Å². The average Bonchev–Trinajstić information content (AvgIpc) is 3.13. The number of fused-ring (bicyclic) bond motifs is 1. The lowest BCUT2D eigenvalue weighted by Crippen LogP contribution is -2.14. The zero-order chi connectivity index (χ0) is 17.1. The number of hydrogen-bond donors (Lipinski definition) is 1. The molecule has 0 atom stereocenters. The Morgan fingerprint density at radius 3 is 2.96 bits per heavy atom. The number of aromatic nitrogens is 1. The van der Waals surface area contributed by atoms with E-state index in [1.165, 1.54) is 28.0 Å². The molecule has 0 saturated carbocycles. The van der Waals surface area contributed by atoms with Crippen LogP contribution < -0.4 is 5.32 Å². The molecule has 0 unspecified atom stereocenters. The molecule has 1 amide bonds. The molecule has 0 radical (unpaired) electrons. The van der Waals surface area contributed by atoms with Crippen molar-refractivity contribution in [2.75, 3.05) is 11.1 Å². The van der Waals surface area contributed by atoms with E-state index in [0.717, 1.165) is 30.5 Å². The molecule has 24 heavy (non-hydrogen) atoms.